The Morgan fingerprint density at radius 1 is 1.19 bits per heavy atom. The van der Waals surface area contributed by atoms with Crippen LogP contribution in [0, 0.1) is 0 Å². The third-order valence-corrected chi connectivity index (χ3v) is 3.57. The zero-order valence-electron chi connectivity index (χ0n) is 17.0. The number of ether oxygens (including phenoxy) is 3. The van der Waals surface area contributed by atoms with E-state index in [4.69, 9.17) is 14.2 Å². The molecule has 0 aliphatic rings. The molecule has 0 aromatic heterocycles. The van der Waals surface area contributed by atoms with Crippen LogP contribution in [0.5, 0.6) is 5.75 Å². The Morgan fingerprint density at radius 2 is 2.00 bits per heavy atom. The first-order valence-electron chi connectivity index (χ1n) is 9.60. The van der Waals surface area contributed by atoms with E-state index in [1.807, 2.05) is 45.0 Å². The fourth-order valence-corrected chi connectivity index (χ4v) is 2.32. The van der Waals surface area contributed by atoms with Crippen LogP contribution in [-0.2, 0) is 9.47 Å². The van der Waals surface area contributed by atoms with E-state index in [1.54, 1.807) is 7.11 Å². The molecule has 3 N–H and O–H groups in total. The largest absolute Gasteiger partial charge is 0.491 e. The highest BCUT2D eigenvalue weighted by Crippen LogP contribution is 2.20. The molecule has 0 radical (unpaired) electrons. The van der Waals surface area contributed by atoms with Crippen molar-refractivity contribution in [3.63, 3.8) is 0 Å². The van der Waals surface area contributed by atoms with Gasteiger partial charge in [0.1, 0.15) is 5.75 Å². The highest BCUT2D eigenvalue weighted by molar-refractivity contribution is 5.79. The van der Waals surface area contributed by atoms with Crippen molar-refractivity contribution in [3.8, 4) is 5.75 Å². The van der Waals surface area contributed by atoms with Crippen LogP contribution in [0.2, 0.25) is 0 Å². The summed E-state index contributed by atoms with van der Waals surface area (Å²) in [6.45, 7) is 9.61. The van der Waals surface area contributed by atoms with E-state index in [2.05, 4.69) is 15.6 Å². The minimum Gasteiger partial charge on any atom is -0.491 e. The third-order valence-electron chi connectivity index (χ3n) is 3.57. The Balaban J connectivity index is 2.46. The minimum atomic E-state index is -0.687. The number of hydrogen-bond donors (Lipinski definition) is 3. The van der Waals surface area contributed by atoms with Gasteiger partial charge in [0.2, 0.25) is 0 Å². The fraction of sp³-hybridized carbons (Fsp3) is 0.650. The van der Waals surface area contributed by atoms with Crippen LogP contribution < -0.4 is 15.4 Å². The zero-order valence-corrected chi connectivity index (χ0v) is 17.0. The Labute approximate surface area is 163 Å². The molecule has 0 spiro atoms. The number of benzene rings is 1. The molecule has 7 heteroatoms. The van der Waals surface area contributed by atoms with Gasteiger partial charge in [0.15, 0.2) is 5.96 Å². The molecule has 0 fully saturated rings. The number of hydrogen-bond acceptors (Lipinski definition) is 5. The lowest BCUT2D eigenvalue weighted by Crippen LogP contribution is -2.38. The number of nitrogens with one attached hydrogen (secondary N) is 2. The summed E-state index contributed by atoms with van der Waals surface area (Å²) < 4.78 is 16.0. The van der Waals surface area contributed by atoms with Gasteiger partial charge in [-0.3, -0.25) is 4.99 Å². The summed E-state index contributed by atoms with van der Waals surface area (Å²) in [5.74, 6) is 1.44. The second-order valence-electron chi connectivity index (χ2n) is 6.36. The highest BCUT2D eigenvalue weighted by atomic mass is 16.5. The Hall–Kier alpha value is -1.83. The summed E-state index contributed by atoms with van der Waals surface area (Å²) in [6, 6.07) is 7.51. The standard InChI is InChI=1S/C20H35N3O4/c1-5-21-20(22-10-7-11-26-13-12-25-4)23-15-19(24)17-8-6-9-18(14-17)27-16(2)3/h6,8-9,14,16,19,24H,5,7,10-13,15H2,1-4H3,(H2,21,22,23). The van der Waals surface area contributed by atoms with Gasteiger partial charge >= 0.3 is 0 Å². The predicted molar refractivity (Wildman–Crippen MR) is 108 cm³/mol. The van der Waals surface area contributed by atoms with Crippen molar-refractivity contribution >= 4 is 5.96 Å². The maximum atomic E-state index is 10.4. The molecule has 7 nitrogen and oxygen atoms in total. The molecule has 154 valence electrons. The smallest absolute Gasteiger partial charge is 0.191 e. The molecule has 0 saturated carbocycles. The molecule has 0 bridgehead atoms. The number of aliphatic imine (C=N–C) groups is 1. The van der Waals surface area contributed by atoms with Gasteiger partial charge in [0, 0.05) is 26.8 Å². The first-order chi connectivity index (χ1) is 13.1. The monoisotopic (exact) mass is 381 g/mol. The van der Waals surface area contributed by atoms with Gasteiger partial charge in [-0.05, 0) is 44.9 Å². The van der Waals surface area contributed by atoms with Crippen molar-refractivity contribution in [2.45, 2.75) is 39.4 Å². The summed E-state index contributed by atoms with van der Waals surface area (Å²) in [5.41, 5.74) is 0.791. The van der Waals surface area contributed by atoms with E-state index in [-0.39, 0.29) is 12.6 Å². The van der Waals surface area contributed by atoms with Crippen LogP contribution in [0.3, 0.4) is 0 Å². The number of guanidine groups is 1. The van der Waals surface area contributed by atoms with E-state index >= 15 is 0 Å². The molecule has 0 aliphatic heterocycles. The van der Waals surface area contributed by atoms with Crippen LogP contribution in [-0.4, -0.2) is 63.7 Å². The molecule has 0 aliphatic carbocycles. The maximum Gasteiger partial charge on any atom is 0.191 e. The molecule has 1 unspecified atom stereocenters. The summed E-state index contributed by atoms with van der Waals surface area (Å²) in [5, 5.41) is 16.9. The Bertz CT molecular complexity index is 538. The second-order valence-corrected chi connectivity index (χ2v) is 6.36. The molecule has 1 aromatic carbocycles. The summed E-state index contributed by atoms with van der Waals surface area (Å²) in [4.78, 5) is 4.47. The average molecular weight is 382 g/mol. The minimum absolute atomic E-state index is 0.0958. The van der Waals surface area contributed by atoms with Crippen LogP contribution in [0.4, 0.5) is 0 Å². The van der Waals surface area contributed by atoms with E-state index in [0.717, 1.165) is 30.8 Å². The summed E-state index contributed by atoms with van der Waals surface area (Å²) in [6.07, 6.45) is 0.276. The normalized spacial score (nSPS) is 12.9. The second kappa shape index (κ2) is 14.3. The summed E-state index contributed by atoms with van der Waals surface area (Å²) >= 11 is 0. The molecule has 1 aromatic rings. The third kappa shape index (κ3) is 10.8. The molecule has 0 heterocycles. The van der Waals surface area contributed by atoms with E-state index in [1.165, 1.54) is 0 Å². The highest BCUT2D eigenvalue weighted by Gasteiger charge is 2.09. The lowest BCUT2D eigenvalue weighted by atomic mass is 10.1. The van der Waals surface area contributed by atoms with Crippen LogP contribution in [0.15, 0.2) is 29.3 Å². The topological polar surface area (TPSA) is 84.3 Å². The van der Waals surface area contributed by atoms with E-state index < -0.39 is 6.10 Å². The molecule has 1 atom stereocenters. The van der Waals surface area contributed by atoms with Gasteiger partial charge in [-0.15, -0.1) is 0 Å². The molecule has 27 heavy (non-hydrogen) atoms. The lowest BCUT2D eigenvalue weighted by Gasteiger charge is -2.15. The summed E-state index contributed by atoms with van der Waals surface area (Å²) in [7, 11) is 1.66. The number of rotatable bonds is 13. The number of aliphatic hydroxyl groups excluding tert-OH is 1. The quantitative estimate of drug-likeness (QED) is 0.276. The zero-order chi connectivity index (χ0) is 19.9. The van der Waals surface area contributed by atoms with Crippen LogP contribution in [0.1, 0.15) is 38.9 Å². The van der Waals surface area contributed by atoms with Gasteiger partial charge in [0.05, 0.1) is 32.0 Å². The Kier molecular flexibility index (Phi) is 12.3. The average Bonchev–Trinajstić information content (AvgIpc) is 2.64. The van der Waals surface area contributed by atoms with Gasteiger partial charge in [-0.25, -0.2) is 0 Å². The van der Waals surface area contributed by atoms with Gasteiger partial charge < -0.3 is 30.0 Å². The predicted octanol–water partition coefficient (Wildman–Crippen LogP) is 2.12. The van der Waals surface area contributed by atoms with Crippen molar-refractivity contribution in [2.75, 3.05) is 46.6 Å². The molecular formula is C20H35N3O4. The molecule has 0 amide bonds. The number of methoxy groups -OCH3 is 1. The Morgan fingerprint density at radius 3 is 2.70 bits per heavy atom. The van der Waals surface area contributed by atoms with Crippen molar-refractivity contribution in [2.24, 2.45) is 4.99 Å². The number of aliphatic hydroxyl groups is 1. The first kappa shape index (κ1) is 23.2. The molecule has 0 saturated heterocycles. The maximum absolute atomic E-state index is 10.4. The van der Waals surface area contributed by atoms with Crippen molar-refractivity contribution in [1.29, 1.82) is 0 Å². The van der Waals surface area contributed by atoms with Crippen molar-refractivity contribution < 1.29 is 19.3 Å². The molecular weight excluding hydrogens is 346 g/mol. The molecule has 1 rings (SSSR count). The van der Waals surface area contributed by atoms with E-state index in [9.17, 15) is 5.11 Å². The van der Waals surface area contributed by atoms with Crippen molar-refractivity contribution in [3.05, 3.63) is 29.8 Å². The van der Waals surface area contributed by atoms with Crippen molar-refractivity contribution in [1.82, 2.24) is 10.6 Å². The SMILES string of the molecule is CCNC(=NCC(O)c1cccc(OC(C)C)c1)NCCCOCCOC. The van der Waals surface area contributed by atoms with Gasteiger partial charge in [-0.1, -0.05) is 12.1 Å². The number of nitrogens with zero attached hydrogens (tertiary/aromatic N) is 1. The van der Waals surface area contributed by atoms with E-state index in [0.29, 0.717) is 25.8 Å². The van der Waals surface area contributed by atoms with Gasteiger partial charge in [0.25, 0.3) is 0 Å². The van der Waals surface area contributed by atoms with Crippen LogP contribution >= 0.6 is 0 Å². The fourth-order valence-electron chi connectivity index (χ4n) is 2.32. The first-order valence-corrected chi connectivity index (χ1v) is 9.60. The van der Waals surface area contributed by atoms with Crippen LogP contribution in [0.25, 0.3) is 0 Å². The lowest BCUT2D eigenvalue weighted by molar-refractivity contribution is 0.0698. The van der Waals surface area contributed by atoms with Gasteiger partial charge in [-0.2, -0.15) is 0 Å².